The lowest BCUT2D eigenvalue weighted by molar-refractivity contribution is 0.492. The lowest BCUT2D eigenvalue weighted by Crippen LogP contribution is -2.36. The summed E-state index contributed by atoms with van der Waals surface area (Å²) in [6.45, 7) is 4.70. The Hall–Kier alpha value is -1.79. The lowest BCUT2D eigenvalue weighted by atomic mass is 10.1. The van der Waals surface area contributed by atoms with Gasteiger partial charge >= 0.3 is 0 Å². The van der Waals surface area contributed by atoms with Crippen LogP contribution >= 0.6 is 0 Å². The molecule has 0 spiro atoms. The summed E-state index contributed by atoms with van der Waals surface area (Å²) in [5, 5.41) is 7.58. The minimum atomic E-state index is -0.289. The molecule has 0 aliphatic rings. The zero-order valence-electron chi connectivity index (χ0n) is 9.57. The van der Waals surface area contributed by atoms with Gasteiger partial charge in [-0.05, 0) is 26.0 Å². The molecular weight excluding hydrogens is 198 g/mol. The quantitative estimate of drug-likeness (QED) is 0.788. The third kappa shape index (κ3) is 2.07. The standard InChI is InChI=1S/C13H15N3/c1-4-13(2,3)14-9-11-10-15-16-8-6-5-7-12(11)16/h1,5-8,10,14H,9H2,2-3H3. The highest BCUT2D eigenvalue weighted by Gasteiger charge is 2.13. The highest BCUT2D eigenvalue weighted by molar-refractivity contribution is 5.53. The van der Waals surface area contributed by atoms with Gasteiger partial charge in [-0.2, -0.15) is 5.10 Å². The molecule has 0 bridgehead atoms. The Morgan fingerprint density at radius 2 is 2.31 bits per heavy atom. The Bertz CT molecular complexity index is 531. The normalized spacial score (nSPS) is 11.6. The first kappa shape index (κ1) is 10.7. The molecule has 3 nitrogen and oxygen atoms in total. The van der Waals surface area contributed by atoms with E-state index in [4.69, 9.17) is 6.42 Å². The SMILES string of the molecule is C#CC(C)(C)NCc1cnn2ccccc12. The number of hydrogen-bond acceptors (Lipinski definition) is 2. The number of aromatic nitrogens is 2. The van der Waals surface area contributed by atoms with Crippen molar-refractivity contribution in [2.24, 2.45) is 0 Å². The molecule has 0 amide bonds. The van der Waals surface area contributed by atoms with Crippen molar-refractivity contribution in [3.05, 3.63) is 36.2 Å². The van der Waals surface area contributed by atoms with Crippen LogP contribution in [0.2, 0.25) is 0 Å². The number of rotatable bonds is 3. The van der Waals surface area contributed by atoms with Crippen LogP contribution in [-0.2, 0) is 6.54 Å². The molecule has 3 heteroatoms. The first-order valence-electron chi connectivity index (χ1n) is 5.26. The molecule has 16 heavy (non-hydrogen) atoms. The third-order valence-electron chi connectivity index (χ3n) is 2.59. The van der Waals surface area contributed by atoms with Crippen LogP contribution in [0.1, 0.15) is 19.4 Å². The lowest BCUT2D eigenvalue weighted by Gasteiger charge is -2.18. The predicted octanol–water partition coefficient (Wildman–Crippen LogP) is 1.84. The number of nitrogens with zero attached hydrogens (tertiary/aromatic N) is 2. The van der Waals surface area contributed by atoms with Crippen molar-refractivity contribution in [1.29, 1.82) is 0 Å². The van der Waals surface area contributed by atoms with Gasteiger partial charge in [-0.1, -0.05) is 12.0 Å². The molecule has 0 aliphatic carbocycles. The van der Waals surface area contributed by atoms with Gasteiger partial charge in [0.15, 0.2) is 0 Å². The van der Waals surface area contributed by atoms with E-state index in [2.05, 4.69) is 16.3 Å². The van der Waals surface area contributed by atoms with Crippen LogP contribution in [0.5, 0.6) is 0 Å². The molecule has 2 aromatic rings. The van der Waals surface area contributed by atoms with Crippen molar-refractivity contribution < 1.29 is 0 Å². The fourth-order valence-corrected chi connectivity index (χ4v) is 1.49. The first-order chi connectivity index (χ1) is 7.62. The molecule has 0 aromatic carbocycles. The zero-order chi connectivity index (χ0) is 11.6. The summed E-state index contributed by atoms with van der Waals surface area (Å²) in [6, 6.07) is 6.02. The van der Waals surface area contributed by atoms with Gasteiger partial charge in [0.2, 0.25) is 0 Å². The molecular formula is C13H15N3. The maximum absolute atomic E-state index is 5.43. The molecule has 0 atom stereocenters. The Morgan fingerprint density at radius 1 is 1.50 bits per heavy atom. The minimum absolute atomic E-state index is 0.289. The molecule has 1 N–H and O–H groups in total. The van der Waals surface area contributed by atoms with Crippen molar-refractivity contribution in [3.63, 3.8) is 0 Å². The summed E-state index contributed by atoms with van der Waals surface area (Å²) in [5.41, 5.74) is 1.98. The van der Waals surface area contributed by atoms with E-state index in [9.17, 15) is 0 Å². The van der Waals surface area contributed by atoms with E-state index in [0.717, 1.165) is 17.6 Å². The molecule has 2 heterocycles. The Balaban J connectivity index is 2.20. The van der Waals surface area contributed by atoms with Gasteiger partial charge in [0, 0.05) is 18.3 Å². The number of hydrogen-bond donors (Lipinski definition) is 1. The topological polar surface area (TPSA) is 29.3 Å². The number of fused-ring (bicyclic) bond motifs is 1. The Labute approximate surface area is 95.5 Å². The summed E-state index contributed by atoms with van der Waals surface area (Å²) in [6.07, 6.45) is 9.23. The van der Waals surface area contributed by atoms with E-state index < -0.39 is 0 Å². The van der Waals surface area contributed by atoms with E-state index in [1.807, 2.05) is 49.0 Å². The highest BCUT2D eigenvalue weighted by atomic mass is 15.2. The van der Waals surface area contributed by atoms with Gasteiger partial charge in [0.1, 0.15) is 0 Å². The molecule has 0 aliphatic heterocycles. The summed E-state index contributed by atoms with van der Waals surface area (Å²) < 4.78 is 1.86. The number of nitrogens with one attached hydrogen (secondary N) is 1. The van der Waals surface area contributed by atoms with Crippen LogP contribution in [0, 0.1) is 12.3 Å². The fourth-order valence-electron chi connectivity index (χ4n) is 1.49. The molecule has 0 saturated heterocycles. The average Bonchev–Trinajstić information content (AvgIpc) is 2.70. The molecule has 0 radical (unpaired) electrons. The second kappa shape index (κ2) is 3.99. The van der Waals surface area contributed by atoms with E-state index in [1.165, 1.54) is 0 Å². The van der Waals surface area contributed by atoms with Crippen LogP contribution in [0.25, 0.3) is 5.52 Å². The molecule has 2 rings (SSSR count). The van der Waals surface area contributed by atoms with Gasteiger partial charge in [0.05, 0.1) is 17.3 Å². The zero-order valence-corrected chi connectivity index (χ0v) is 9.57. The number of pyridine rings is 1. The van der Waals surface area contributed by atoms with Gasteiger partial charge in [0.25, 0.3) is 0 Å². The maximum Gasteiger partial charge on any atom is 0.0743 e. The summed E-state index contributed by atoms with van der Waals surface area (Å²) in [4.78, 5) is 0. The number of terminal acetylenes is 1. The summed E-state index contributed by atoms with van der Waals surface area (Å²) in [5.74, 6) is 2.71. The predicted molar refractivity (Wildman–Crippen MR) is 64.9 cm³/mol. The van der Waals surface area contributed by atoms with Gasteiger partial charge < -0.3 is 0 Å². The second-order valence-electron chi connectivity index (χ2n) is 4.32. The molecule has 82 valence electrons. The summed E-state index contributed by atoms with van der Waals surface area (Å²) in [7, 11) is 0. The van der Waals surface area contributed by atoms with E-state index in [0.29, 0.717) is 0 Å². The largest absolute Gasteiger partial charge is 0.297 e. The van der Waals surface area contributed by atoms with E-state index in [1.54, 1.807) is 0 Å². The van der Waals surface area contributed by atoms with Crippen LogP contribution < -0.4 is 5.32 Å². The third-order valence-corrected chi connectivity index (χ3v) is 2.59. The van der Waals surface area contributed by atoms with Crippen molar-refractivity contribution in [2.45, 2.75) is 25.9 Å². The fraction of sp³-hybridized carbons (Fsp3) is 0.308. The van der Waals surface area contributed by atoms with E-state index >= 15 is 0 Å². The van der Waals surface area contributed by atoms with Gasteiger partial charge in [-0.3, -0.25) is 5.32 Å². The van der Waals surface area contributed by atoms with Crippen LogP contribution in [0.3, 0.4) is 0 Å². The molecule has 0 saturated carbocycles. The van der Waals surface area contributed by atoms with Crippen molar-refractivity contribution >= 4 is 5.52 Å². The average molecular weight is 213 g/mol. The molecule has 0 unspecified atom stereocenters. The van der Waals surface area contributed by atoms with Gasteiger partial charge in [-0.25, -0.2) is 4.52 Å². The van der Waals surface area contributed by atoms with Crippen LogP contribution in [0.4, 0.5) is 0 Å². The minimum Gasteiger partial charge on any atom is -0.297 e. The Kier molecular flexibility index (Phi) is 2.67. The molecule has 0 fully saturated rings. The first-order valence-corrected chi connectivity index (χ1v) is 5.26. The van der Waals surface area contributed by atoms with Gasteiger partial charge in [-0.15, -0.1) is 6.42 Å². The van der Waals surface area contributed by atoms with Crippen molar-refractivity contribution in [3.8, 4) is 12.3 Å². The van der Waals surface area contributed by atoms with Crippen LogP contribution in [0.15, 0.2) is 30.6 Å². The van der Waals surface area contributed by atoms with E-state index in [-0.39, 0.29) is 5.54 Å². The van der Waals surface area contributed by atoms with Crippen LogP contribution in [-0.4, -0.2) is 15.2 Å². The highest BCUT2D eigenvalue weighted by Crippen LogP contribution is 2.11. The maximum atomic E-state index is 5.43. The summed E-state index contributed by atoms with van der Waals surface area (Å²) >= 11 is 0. The monoisotopic (exact) mass is 213 g/mol. The second-order valence-corrected chi connectivity index (χ2v) is 4.32. The van der Waals surface area contributed by atoms with Crippen molar-refractivity contribution in [1.82, 2.24) is 14.9 Å². The molecule has 2 aromatic heterocycles. The smallest absolute Gasteiger partial charge is 0.0743 e. The van der Waals surface area contributed by atoms with Crippen molar-refractivity contribution in [2.75, 3.05) is 0 Å². The Morgan fingerprint density at radius 3 is 3.06 bits per heavy atom.